The van der Waals surface area contributed by atoms with Gasteiger partial charge in [0.05, 0.1) is 0 Å². The number of thioether (sulfide) groups is 1. The van der Waals surface area contributed by atoms with Crippen molar-refractivity contribution in [2.24, 2.45) is 5.92 Å². The minimum Gasteiger partial charge on any atom is -0.312 e. The third kappa shape index (κ3) is 6.47. The molecule has 15 heavy (non-hydrogen) atoms. The van der Waals surface area contributed by atoms with Crippen LogP contribution in [0.2, 0.25) is 0 Å². The molecule has 0 aromatic rings. The predicted molar refractivity (Wildman–Crippen MR) is 71.6 cm³/mol. The first-order valence-corrected chi connectivity index (χ1v) is 7.39. The number of nitrogens with one attached hydrogen (secondary N) is 1. The molecular formula is C13H27NS. The van der Waals surface area contributed by atoms with Crippen molar-refractivity contribution in [1.29, 1.82) is 0 Å². The molecule has 1 aliphatic rings. The van der Waals surface area contributed by atoms with E-state index in [4.69, 9.17) is 0 Å². The third-order valence-electron chi connectivity index (χ3n) is 2.90. The number of rotatable bonds is 5. The van der Waals surface area contributed by atoms with Crippen LogP contribution in [0.4, 0.5) is 0 Å². The first-order chi connectivity index (χ1) is 6.97. The van der Waals surface area contributed by atoms with Crippen LogP contribution in [-0.4, -0.2) is 23.1 Å². The second kappa shape index (κ2) is 6.15. The zero-order valence-corrected chi connectivity index (χ0v) is 11.6. The van der Waals surface area contributed by atoms with Crippen molar-refractivity contribution in [1.82, 2.24) is 5.32 Å². The molecule has 0 aromatic carbocycles. The molecule has 90 valence electrons. The smallest absolute Gasteiger partial charge is 0.00966 e. The van der Waals surface area contributed by atoms with Crippen molar-refractivity contribution in [2.75, 3.05) is 12.3 Å². The molecule has 0 heterocycles. The Bertz CT molecular complexity index is 168. The van der Waals surface area contributed by atoms with Gasteiger partial charge in [-0.3, -0.25) is 0 Å². The molecule has 2 heteroatoms. The molecular weight excluding hydrogens is 202 g/mol. The molecule has 1 rings (SSSR count). The van der Waals surface area contributed by atoms with Gasteiger partial charge in [0, 0.05) is 10.8 Å². The van der Waals surface area contributed by atoms with Gasteiger partial charge in [0.2, 0.25) is 0 Å². The Morgan fingerprint density at radius 2 is 1.87 bits per heavy atom. The van der Waals surface area contributed by atoms with E-state index in [9.17, 15) is 0 Å². The van der Waals surface area contributed by atoms with E-state index in [0.29, 0.717) is 0 Å². The highest BCUT2D eigenvalue weighted by Crippen LogP contribution is 2.30. The van der Waals surface area contributed by atoms with Gasteiger partial charge in [-0.15, -0.1) is 0 Å². The SMILES string of the molecule is CC(CNC(C)(C)C)CSC1CCCC1. The molecule has 1 saturated carbocycles. The van der Waals surface area contributed by atoms with Crippen LogP contribution in [0.3, 0.4) is 0 Å². The summed E-state index contributed by atoms with van der Waals surface area (Å²) >= 11 is 2.20. The first kappa shape index (κ1) is 13.4. The maximum absolute atomic E-state index is 3.58. The van der Waals surface area contributed by atoms with Gasteiger partial charge in [-0.1, -0.05) is 19.8 Å². The lowest BCUT2D eigenvalue weighted by Crippen LogP contribution is -2.39. The van der Waals surface area contributed by atoms with Gasteiger partial charge in [-0.2, -0.15) is 11.8 Å². The van der Waals surface area contributed by atoms with E-state index in [1.165, 1.54) is 31.4 Å². The van der Waals surface area contributed by atoms with E-state index in [0.717, 1.165) is 17.7 Å². The van der Waals surface area contributed by atoms with Gasteiger partial charge in [0.1, 0.15) is 0 Å². The molecule has 0 aliphatic heterocycles. The van der Waals surface area contributed by atoms with Crippen molar-refractivity contribution < 1.29 is 0 Å². The fourth-order valence-corrected chi connectivity index (χ4v) is 3.28. The fourth-order valence-electron chi connectivity index (χ4n) is 1.89. The Morgan fingerprint density at radius 3 is 2.40 bits per heavy atom. The van der Waals surface area contributed by atoms with Crippen LogP contribution in [0.15, 0.2) is 0 Å². The summed E-state index contributed by atoms with van der Waals surface area (Å²) in [4.78, 5) is 0. The van der Waals surface area contributed by atoms with Crippen molar-refractivity contribution in [3.8, 4) is 0 Å². The van der Waals surface area contributed by atoms with Gasteiger partial charge >= 0.3 is 0 Å². The van der Waals surface area contributed by atoms with Crippen LogP contribution in [0.25, 0.3) is 0 Å². The van der Waals surface area contributed by atoms with Crippen molar-refractivity contribution in [3.05, 3.63) is 0 Å². The fraction of sp³-hybridized carbons (Fsp3) is 1.00. The summed E-state index contributed by atoms with van der Waals surface area (Å²) in [5, 5.41) is 4.56. The zero-order valence-electron chi connectivity index (χ0n) is 10.8. The Morgan fingerprint density at radius 1 is 1.27 bits per heavy atom. The summed E-state index contributed by atoms with van der Waals surface area (Å²) in [7, 11) is 0. The lowest BCUT2D eigenvalue weighted by molar-refractivity contribution is 0.395. The van der Waals surface area contributed by atoms with E-state index < -0.39 is 0 Å². The van der Waals surface area contributed by atoms with Crippen molar-refractivity contribution in [3.63, 3.8) is 0 Å². The first-order valence-electron chi connectivity index (χ1n) is 6.34. The summed E-state index contributed by atoms with van der Waals surface area (Å²) in [6, 6.07) is 0. The minimum absolute atomic E-state index is 0.270. The van der Waals surface area contributed by atoms with E-state index >= 15 is 0 Å². The van der Waals surface area contributed by atoms with E-state index in [1.54, 1.807) is 0 Å². The van der Waals surface area contributed by atoms with Crippen molar-refractivity contribution in [2.45, 2.75) is 64.2 Å². The van der Waals surface area contributed by atoms with Gasteiger partial charge < -0.3 is 5.32 Å². The average Bonchev–Trinajstić information content (AvgIpc) is 2.62. The summed E-state index contributed by atoms with van der Waals surface area (Å²) in [5.41, 5.74) is 0.270. The van der Waals surface area contributed by atoms with Gasteiger partial charge in [0.15, 0.2) is 0 Å². The largest absolute Gasteiger partial charge is 0.312 e. The highest BCUT2D eigenvalue weighted by molar-refractivity contribution is 7.99. The Balaban J connectivity index is 2.05. The predicted octanol–water partition coefficient (Wildman–Crippen LogP) is 3.69. The molecule has 1 fully saturated rings. The molecule has 1 N–H and O–H groups in total. The molecule has 0 amide bonds. The van der Waals surface area contributed by atoms with Crippen LogP contribution < -0.4 is 5.32 Å². The monoisotopic (exact) mass is 229 g/mol. The maximum atomic E-state index is 3.58. The Hall–Kier alpha value is 0.310. The summed E-state index contributed by atoms with van der Waals surface area (Å²) < 4.78 is 0. The minimum atomic E-state index is 0.270. The number of hydrogen-bond donors (Lipinski definition) is 1. The van der Waals surface area contributed by atoms with E-state index in [-0.39, 0.29) is 5.54 Å². The van der Waals surface area contributed by atoms with Gasteiger partial charge in [0.25, 0.3) is 0 Å². The molecule has 0 spiro atoms. The van der Waals surface area contributed by atoms with Gasteiger partial charge in [-0.25, -0.2) is 0 Å². The van der Waals surface area contributed by atoms with Crippen LogP contribution in [0.5, 0.6) is 0 Å². The molecule has 1 unspecified atom stereocenters. The molecule has 1 aliphatic carbocycles. The average molecular weight is 229 g/mol. The second-order valence-electron chi connectivity index (χ2n) is 5.98. The van der Waals surface area contributed by atoms with E-state index in [2.05, 4.69) is 44.8 Å². The molecule has 0 radical (unpaired) electrons. The molecule has 0 bridgehead atoms. The summed E-state index contributed by atoms with van der Waals surface area (Å²) in [6.45, 7) is 10.2. The van der Waals surface area contributed by atoms with Crippen LogP contribution >= 0.6 is 11.8 Å². The lowest BCUT2D eigenvalue weighted by Gasteiger charge is -2.23. The van der Waals surface area contributed by atoms with Crippen LogP contribution in [0.1, 0.15) is 53.4 Å². The highest BCUT2D eigenvalue weighted by atomic mass is 32.2. The summed E-state index contributed by atoms with van der Waals surface area (Å²) in [5.74, 6) is 2.13. The van der Waals surface area contributed by atoms with Crippen LogP contribution in [0, 0.1) is 5.92 Å². The Kier molecular flexibility index (Phi) is 5.48. The highest BCUT2D eigenvalue weighted by Gasteiger charge is 2.17. The molecule has 0 saturated heterocycles. The quantitative estimate of drug-likeness (QED) is 0.772. The van der Waals surface area contributed by atoms with E-state index in [1.807, 2.05) is 0 Å². The molecule has 1 nitrogen and oxygen atoms in total. The normalized spacial score (nSPS) is 20.8. The van der Waals surface area contributed by atoms with Gasteiger partial charge in [-0.05, 0) is 51.8 Å². The lowest BCUT2D eigenvalue weighted by atomic mass is 10.1. The topological polar surface area (TPSA) is 12.0 Å². The van der Waals surface area contributed by atoms with Crippen LogP contribution in [-0.2, 0) is 0 Å². The Labute approximate surface area is 99.8 Å². The van der Waals surface area contributed by atoms with Crippen molar-refractivity contribution >= 4 is 11.8 Å². The standard InChI is InChI=1S/C13H27NS/c1-11(9-14-13(2,3)4)10-15-12-7-5-6-8-12/h11-12,14H,5-10H2,1-4H3. The third-order valence-corrected chi connectivity index (χ3v) is 4.60. The zero-order chi connectivity index (χ0) is 11.3. The second-order valence-corrected chi connectivity index (χ2v) is 7.31. The maximum Gasteiger partial charge on any atom is 0.00966 e. The summed E-state index contributed by atoms with van der Waals surface area (Å²) in [6.07, 6.45) is 5.85. The number of hydrogen-bond acceptors (Lipinski definition) is 2. The molecule has 1 atom stereocenters. The molecule has 0 aromatic heterocycles.